The van der Waals surface area contributed by atoms with Crippen molar-refractivity contribution in [2.24, 2.45) is 0 Å². The molecule has 0 amide bonds. The third-order valence-corrected chi connectivity index (χ3v) is 6.33. The van der Waals surface area contributed by atoms with Gasteiger partial charge in [-0.3, -0.25) is 4.90 Å². The van der Waals surface area contributed by atoms with Gasteiger partial charge in [-0.15, -0.1) is 0 Å². The lowest BCUT2D eigenvalue weighted by Gasteiger charge is -2.39. The second-order valence-corrected chi connectivity index (χ2v) is 8.04. The maximum absolute atomic E-state index is 5.50. The molecule has 158 valence electrons. The zero-order valence-electron chi connectivity index (χ0n) is 17.3. The van der Waals surface area contributed by atoms with Crippen molar-refractivity contribution in [3.63, 3.8) is 0 Å². The molecule has 8 heteroatoms. The smallest absolute Gasteiger partial charge is 0.212 e. The number of rotatable bonds is 5. The molecule has 0 unspecified atom stereocenters. The highest BCUT2D eigenvalue weighted by Gasteiger charge is 2.27. The van der Waals surface area contributed by atoms with Gasteiger partial charge in [0, 0.05) is 54.8 Å². The van der Waals surface area contributed by atoms with Crippen molar-refractivity contribution < 1.29 is 9.47 Å². The van der Waals surface area contributed by atoms with Gasteiger partial charge in [0.1, 0.15) is 17.8 Å². The summed E-state index contributed by atoms with van der Waals surface area (Å²) in [5, 5.41) is 4.72. The fourth-order valence-corrected chi connectivity index (χ4v) is 4.68. The summed E-state index contributed by atoms with van der Waals surface area (Å²) < 4.78 is 10.7. The van der Waals surface area contributed by atoms with E-state index < -0.39 is 0 Å². The molecule has 3 aromatic rings. The number of aromatic nitrogens is 4. The predicted molar refractivity (Wildman–Crippen MR) is 116 cm³/mol. The van der Waals surface area contributed by atoms with Crippen LogP contribution in [-0.4, -0.2) is 70.3 Å². The Balaban J connectivity index is 1.33. The molecule has 5 rings (SSSR count). The predicted octanol–water partition coefficient (Wildman–Crippen LogP) is 3.08. The number of methoxy groups -OCH3 is 1. The number of ether oxygens (including phenoxy) is 2. The number of aromatic amines is 1. The van der Waals surface area contributed by atoms with E-state index in [2.05, 4.69) is 30.2 Å². The van der Waals surface area contributed by atoms with E-state index in [1.54, 1.807) is 13.4 Å². The molecule has 1 aliphatic heterocycles. The summed E-state index contributed by atoms with van der Waals surface area (Å²) in [6, 6.07) is 5.00. The highest BCUT2D eigenvalue weighted by atomic mass is 16.5. The average Bonchev–Trinajstić information content (AvgIpc) is 3.25. The SMILES string of the molecule is COc1ccc(-c2c[nH]c3ncnc(N[C@H]4CC[C@H](N5CCOCC5)CC4)c23)cn1. The van der Waals surface area contributed by atoms with Crippen LogP contribution in [0.1, 0.15) is 25.7 Å². The summed E-state index contributed by atoms with van der Waals surface area (Å²) in [5.74, 6) is 1.49. The van der Waals surface area contributed by atoms with Crippen molar-refractivity contribution >= 4 is 16.9 Å². The molecule has 0 atom stereocenters. The molecule has 8 nitrogen and oxygen atoms in total. The standard InChI is InChI=1S/C22H28N6O2/c1-29-19-7-2-15(12-23-19)18-13-24-21-20(18)22(26-14-25-21)27-16-3-5-17(6-4-16)28-8-10-30-11-9-28/h2,7,12-14,16-17H,3-6,8-11H2,1H3,(H2,24,25,26,27)/t16-,17-. The molecule has 2 aliphatic rings. The first-order valence-electron chi connectivity index (χ1n) is 10.7. The molecule has 3 aromatic heterocycles. The summed E-state index contributed by atoms with van der Waals surface area (Å²) in [5.41, 5.74) is 2.89. The van der Waals surface area contributed by atoms with Crippen LogP contribution in [0.2, 0.25) is 0 Å². The Morgan fingerprint density at radius 2 is 1.93 bits per heavy atom. The third-order valence-electron chi connectivity index (χ3n) is 6.33. The molecular formula is C22H28N6O2. The maximum Gasteiger partial charge on any atom is 0.212 e. The molecule has 4 heterocycles. The number of anilines is 1. The zero-order chi connectivity index (χ0) is 20.3. The molecule has 1 saturated heterocycles. The first-order chi connectivity index (χ1) is 14.8. The van der Waals surface area contributed by atoms with E-state index in [9.17, 15) is 0 Å². The minimum absolute atomic E-state index is 0.428. The quantitative estimate of drug-likeness (QED) is 0.671. The second kappa shape index (κ2) is 8.57. The summed E-state index contributed by atoms with van der Waals surface area (Å²) in [7, 11) is 1.62. The van der Waals surface area contributed by atoms with Gasteiger partial charge in [-0.05, 0) is 31.7 Å². The molecular weight excluding hydrogens is 380 g/mol. The molecule has 2 fully saturated rings. The molecule has 0 radical (unpaired) electrons. The summed E-state index contributed by atoms with van der Waals surface area (Å²) in [6.45, 7) is 3.87. The van der Waals surface area contributed by atoms with Gasteiger partial charge in [-0.2, -0.15) is 0 Å². The van der Waals surface area contributed by atoms with Crippen LogP contribution in [0.5, 0.6) is 5.88 Å². The van der Waals surface area contributed by atoms with Crippen LogP contribution in [0, 0.1) is 0 Å². The number of nitrogens with zero attached hydrogens (tertiary/aromatic N) is 4. The van der Waals surface area contributed by atoms with Crippen molar-refractivity contribution in [3.8, 4) is 17.0 Å². The first-order valence-corrected chi connectivity index (χ1v) is 10.7. The van der Waals surface area contributed by atoms with Crippen molar-refractivity contribution in [3.05, 3.63) is 30.9 Å². The topological polar surface area (TPSA) is 88.2 Å². The minimum atomic E-state index is 0.428. The van der Waals surface area contributed by atoms with Gasteiger partial charge in [0.05, 0.1) is 25.7 Å². The van der Waals surface area contributed by atoms with E-state index in [1.807, 2.05) is 24.5 Å². The maximum atomic E-state index is 5.50. The monoisotopic (exact) mass is 408 g/mol. The first kappa shape index (κ1) is 19.3. The van der Waals surface area contributed by atoms with Gasteiger partial charge in [-0.25, -0.2) is 15.0 Å². The Hall–Kier alpha value is -2.71. The Labute approximate surface area is 176 Å². The molecule has 1 aliphatic carbocycles. The number of pyridine rings is 1. The fourth-order valence-electron chi connectivity index (χ4n) is 4.68. The molecule has 0 aromatic carbocycles. The highest BCUT2D eigenvalue weighted by molar-refractivity contribution is 6.00. The van der Waals surface area contributed by atoms with Crippen LogP contribution in [0.25, 0.3) is 22.2 Å². The summed E-state index contributed by atoms with van der Waals surface area (Å²) in [4.78, 5) is 19.2. The Bertz CT molecular complexity index is 975. The number of fused-ring (bicyclic) bond motifs is 1. The summed E-state index contributed by atoms with van der Waals surface area (Å²) >= 11 is 0. The van der Waals surface area contributed by atoms with Gasteiger partial charge < -0.3 is 19.8 Å². The van der Waals surface area contributed by atoms with E-state index >= 15 is 0 Å². The van der Waals surface area contributed by atoms with Crippen LogP contribution in [0.4, 0.5) is 5.82 Å². The minimum Gasteiger partial charge on any atom is -0.481 e. The number of hydrogen-bond donors (Lipinski definition) is 2. The van der Waals surface area contributed by atoms with Crippen LogP contribution in [0.15, 0.2) is 30.9 Å². The van der Waals surface area contributed by atoms with E-state index in [-0.39, 0.29) is 0 Å². The number of H-pyrrole nitrogens is 1. The van der Waals surface area contributed by atoms with E-state index in [1.165, 1.54) is 12.8 Å². The lowest BCUT2D eigenvalue weighted by Crippen LogP contribution is -2.46. The summed E-state index contributed by atoms with van der Waals surface area (Å²) in [6.07, 6.45) is 10.2. The normalized spacial score (nSPS) is 22.8. The van der Waals surface area contributed by atoms with E-state index in [4.69, 9.17) is 9.47 Å². The molecule has 0 spiro atoms. The fraction of sp³-hybridized carbons (Fsp3) is 0.500. The van der Waals surface area contributed by atoms with Crippen molar-refractivity contribution in [1.29, 1.82) is 0 Å². The average molecular weight is 409 g/mol. The van der Waals surface area contributed by atoms with Crippen LogP contribution in [-0.2, 0) is 4.74 Å². The van der Waals surface area contributed by atoms with Crippen LogP contribution in [0.3, 0.4) is 0 Å². The van der Waals surface area contributed by atoms with Crippen molar-refractivity contribution in [2.75, 3.05) is 38.7 Å². The largest absolute Gasteiger partial charge is 0.481 e. The molecule has 30 heavy (non-hydrogen) atoms. The lowest BCUT2D eigenvalue weighted by atomic mass is 9.90. The molecule has 0 bridgehead atoms. The zero-order valence-corrected chi connectivity index (χ0v) is 17.3. The van der Waals surface area contributed by atoms with Crippen molar-refractivity contribution in [2.45, 2.75) is 37.8 Å². The van der Waals surface area contributed by atoms with Gasteiger partial charge in [0.15, 0.2) is 0 Å². The Morgan fingerprint density at radius 3 is 2.67 bits per heavy atom. The van der Waals surface area contributed by atoms with Crippen LogP contribution >= 0.6 is 0 Å². The Kier molecular flexibility index (Phi) is 5.50. The van der Waals surface area contributed by atoms with Crippen LogP contribution < -0.4 is 10.1 Å². The lowest BCUT2D eigenvalue weighted by molar-refractivity contribution is 0.00791. The highest BCUT2D eigenvalue weighted by Crippen LogP contribution is 2.34. The van der Waals surface area contributed by atoms with Gasteiger partial charge in [-0.1, -0.05) is 0 Å². The van der Waals surface area contributed by atoms with Crippen molar-refractivity contribution in [1.82, 2.24) is 24.8 Å². The second-order valence-electron chi connectivity index (χ2n) is 8.04. The molecule has 2 N–H and O–H groups in total. The van der Waals surface area contributed by atoms with Gasteiger partial charge >= 0.3 is 0 Å². The van der Waals surface area contributed by atoms with E-state index in [0.29, 0.717) is 18.0 Å². The third kappa shape index (κ3) is 3.85. The van der Waals surface area contributed by atoms with Gasteiger partial charge in [0.2, 0.25) is 5.88 Å². The number of morpholine rings is 1. The Morgan fingerprint density at radius 1 is 1.10 bits per heavy atom. The number of nitrogens with one attached hydrogen (secondary N) is 2. The van der Waals surface area contributed by atoms with Gasteiger partial charge in [0.25, 0.3) is 0 Å². The molecule has 1 saturated carbocycles. The number of hydrogen-bond acceptors (Lipinski definition) is 7. The van der Waals surface area contributed by atoms with E-state index in [0.717, 1.165) is 67.1 Å².